The van der Waals surface area contributed by atoms with Crippen molar-refractivity contribution < 1.29 is 127 Å². The Kier molecular flexibility index (Phi) is 9.25. The number of nitrogens with zero attached hydrogens (tertiary/aromatic N) is 1. The summed E-state index contributed by atoms with van der Waals surface area (Å²) < 4.78 is 378. The summed E-state index contributed by atoms with van der Waals surface area (Å²) >= 11 is 0. The molecule has 0 aliphatic heterocycles. The molecule has 0 aliphatic carbocycles. The summed E-state index contributed by atoms with van der Waals surface area (Å²) in [7, 11) is 0. The van der Waals surface area contributed by atoms with E-state index in [-0.39, 0.29) is 0 Å². The van der Waals surface area contributed by atoms with Gasteiger partial charge in [0.2, 0.25) is 0 Å². The Labute approximate surface area is 212 Å². The van der Waals surface area contributed by atoms with Gasteiger partial charge in [0.15, 0.2) is 0 Å². The molecular formula is C13F29N. The summed E-state index contributed by atoms with van der Waals surface area (Å²) in [5.74, 6) is -65.9. The Morgan fingerprint density at radius 2 is 0.326 bits per heavy atom. The largest absolute Gasteiger partial charge is 0.460 e. The second-order valence-corrected chi connectivity index (χ2v) is 7.47. The molecule has 0 aliphatic rings. The van der Waals surface area contributed by atoms with Gasteiger partial charge >= 0.3 is 78.1 Å². The van der Waals surface area contributed by atoms with E-state index in [0.717, 1.165) is 0 Å². The number of alkyl halides is 29. The van der Waals surface area contributed by atoms with Crippen molar-refractivity contribution in [3.05, 3.63) is 0 Å². The van der Waals surface area contributed by atoms with E-state index >= 15 is 0 Å². The van der Waals surface area contributed by atoms with Crippen molar-refractivity contribution in [3.8, 4) is 0 Å². The van der Waals surface area contributed by atoms with Crippen LogP contribution in [0, 0.1) is 0 Å². The zero-order valence-electron chi connectivity index (χ0n) is 17.9. The Hall–Kier alpha value is -2.07. The highest BCUT2D eigenvalue weighted by molar-refractivity contribution is 5.13. The zero-order valence-corrected chi connectivity index (χ0v) is 17.9. The quantitative estimate of drug-likeness (QED) is 0.161. The van der Waals surface area contributed by atoms with Gasteiger partial charge < -0.3 is 0 Å². The maximum absolute atomic E-state index is 14.0. The van der Waals surface area contributed by atoms with Gasteiger partial charge in [-0.3, -0.25) is 0 Å². The van der Waals surface area contributed by atoms with Gasteiger partial charge in [0.1, 0.15) is 0 Å². The molecule has 0 saturated carbocycles. The van der Waals surface area contributed by atoms with Gasteiger partial charge in [-0.25, -0.2) is 0 Å². The van der Waals surface area contributed by atoms with Crippen molar-refractivity contribution in [1.82, 2.24) is 4.90 Å². The van der Waals surface area contributed by atoms with Gasteiger partial charge in [-0.05, 0) is 0 Å². The monoisotopic (exact) mass is 721 g/mol. The van der Waals surface area contributed by atoms with E-state index in [9.17, 15) is 127 Å². The van der Waals surface area contributed by atoms with Crippen LogP contribution in [-0.2, 0) is 0 Å². The van der Waals surface area contributed by atoms with Crippen LogP contribution in [0.4, 0.5) is 127 Å². The van der Waals surface area contributed by atoms with Gasteiger partial charge in [-0.2, -0.15) is 127 Å². The molecule has 0 aromatic carbocycles. The normalized spacial score (nSPS) is 17.2. The summed E-state index contributed by atoms with van der Waals surface area (Å²) in [6.07, 6.45) is -25.5. The van der Waals surface area contributed by atoms with E-state index in [1.54, 1.807) is 0 Å². The second kappa shape index (κ2) is 9.71. The molecule has 0 aromatic rings. The summed E-state index contributed by atoms with van der Waals surface area (Å²) in [6, 6.07) is -30.1. The van der Waals surface area contributed by atoms with E-state index in [1.165, 1.54) is 0 Å². The second-order valence-electron chi connectivity index (χ2n) is 7.47. The van der Waals surface area contributed by atoms with E-state index in [2.05, 4.69) is 0 Å². The van der Waals surface area contributed by atoms with Crippen LogP contribution in [0.1, 0.15) is 0 Å². The molecule has 0 saturated heterocycles. The minimum absolute atomic E-state index is 6.33. The molecule has 0 heterocycles. The van der Waals surface area contributed by atoms with Crippen molar-refractivity contribution in [2.45, 2.75) is 78.1 Å². The number of halogens is 29. The maximum atomic E-state index is 14.0. The first-order chi connectivity index (χ1) is 17.9. The predicted octanol–water partition coefficient (Wildman–Crippen LogP) is 9.20. The molecule has 1 nitrogen and oxygen atoms in total. The van der Waals surface area contributed by atoms with Crippen LogP contribution < -0.4 is 0 Å². The highest BCUT2D eigenvalue weighted by Gasteiger charge is 2.97. The lowest BCUT2D eigenvalue weighted by Gasteiger charge is -2.50. The van der Waals surface area contributed by atoms with Crippen LogP contribution in [0.5, 0.6) is 0 Å². The first kappa shape index (κ1) is 40.9. The van der Waals surface area contributed by atoms with Crippen LogP contribution in [0.15, 0.2) is 0 Å². The third-order valence-electron chi connectivity index (χ3n) is 4.62. The average Bonchev–Trinajstić information content (AvgIpc) is 2.69. The first-order valence-corrected chi connectivity index (χ1v) is 8.65. The predicted molar refractivity (Wildman–Crippen MR) is 69.5 cm³/mol. The van der Waals surface area contributed by atoms with Crippen LogP contribution in [0.25, 0.3) is 0 Å². The SMILES string of the molecule is FC(F)(F)C(F)(F)C(F)(F)C(F)(F)N(C(F)(F)C(F)(F)C(F)(F)C(F)(F)F)C(F)(F)C(F)(F)C(F)(F)C(F)(F)C(F)(F)F. The van der Waals surface area contributed by atoms with E-state index in [1.807, 2.05) is 0 Å². The Morgan fingerprint density at radius 1 is 0.186 bits per heavy atom. The molecule has 43 heavy (non-hydrogen) atoms. The van der Waals surface area contributed by atoms with Crippen LogP contribution in [0.2, 0.25) is 0 Å². The minimum atomic E-state index is -10.1. The fraction of sp³-hybridized carbons (Fsp3) is 1.00. The first-order valence-electron chi connectivity index (χ1n) is 8.65. The van der Waals surface area contributed by atoms with Crippen molar-refractivity contribution >= 4 is 0 Å². The van der Waals surface area contributed by atoms with Gasteiger partial charge in [-0.1, -0.05) is 0 Å². The Balaban J connectivity index is 8.38. The molecular weight excluding hydrogens is 721 g/mol. The number of hydrogen-bond donors (Lipinski definition) is 0. The molecule has 0 bridgehead atoms. The van der Waals surface area contributed by atoms with Gasteiger partial charge in [-0.15, -0.1) is 4.90 Å². The molecule has 0 spiro atoms. The van der Waals surface area contributed by atoms with Crippen molar-refractivity contribution in [3.63, 3.8) is 0 Å². The molecule has 30 heteroatoms. The lowest BCUT2D eigenvalue weighted by atomic mass is 9.97. The molecule has 0 unspecified atom stereocenters. The standard InChI is InChI=1S/C13F29N/c14-1(15,2(16,17)8(28,29)30)5(22,23)11(37,38)43(12(39,40)6(24,25)3(18,19)9(31,32)33)13(41,42)7(26,27)4(20,21)10(34,35)36. The van der Waals surface area contributed by atoms with Crippen molar-refractivity contribution in [2.75, 3.05) is 0 Å². The number of rotatable bonds is 10. The molecule has 0 aromatic heterocycles. The van der Waals surface area contributed by atoms with Crippen LogP contribution in [-0.4, -0.2) is 83.0 Å². The Morgan fingerprint density at radius 3 is 0.488 bits per heavy atom. The molecule has 0 atom stereocenters. The summed E-state index contributed by atoms with van der Waals surface area (Å²) in [6.45, 7) is 0. The van der Waals surface area contributed by atoms with Crippen LogP contribution in [0.3, 0.4) is 0 Å². The van der Waals surface area contributed by atoms with Crippen LogP contribution >= 0.6 is 0 Å². The topological polar surface area (TPSA) is 3.24 Å². The molecule has 0 amide bonds. The van der Waals surface area contributed by atoms with Crippen molar-refractivity contribution in [2.24, 2.45) is 0 Å². The molecule has 260 valence electrons. The average molecular weight is 721 g/mol. The minimum Gasteiger partial charge on any atom is -0.192 e. The van der Waals surface area contributed by atoms with E-state index in [0.29, 0.717) is 0 Å². The fourth-order valence-electron chi connectivity index (χ4n) is 2.25. The summed E-state index contributed by atoms with van der Waals surface area (Å²) in [4.78, 5) is -6.33. The molecule has 0 N–H and O–H groups in total. The molecule has 0 rings (SSSR count). The smallest absolute Gasteiger partial charge is 0.192 e. The zero-order chi connectivity index (χ0) is 36.1. The summed E-state index contributed by atoms with van der Waals surface area (Å²) in [5.41, 5.74) is 0. The molecule has 0 radical (unpaired) electrons. The highest BCUT2D eigenvalue weighted by atomic mass is 19.5. The van der Waals surface area contributed by atoms with E-state index < -0.39 is 83.0 Å². The van der Waals surface area contributed by atoms with Gasteiger partial charge in [0, 0.05) is 0 Å². The van der Waals surface area contributed by atoms with Gasteiger partial charge in [0.05, 0.1) is 0 Å². The highest BCUT2D eigenvalue weighted by Crippen LogP contribution is 2.66. The van der Waals surface area contributed by atoms with Gasteiger partial charge in [0.25, 0.3) is 0 Å². The Bertz CT molecular complexity index is 953. The third kappa shape index (κ3) is 5.12. The molecule has 0 fully saturated rings. The lowest BCUT2D eigenvalue weighted by Crippen LogP contribution is -2.82. The van der Waals surface area contributed by atoms with Crippen molar-refractivity contribution in [1.29, 1.82) is 0 Å². The maximum Gasteiger partial charge on any atom is 0.460 e. The lowest BCUT2D eigenvalue weighted by molar-refractivity contribution is -0.529. The summed E-state index contributed by atoms with van der Waals surface area (Å²) in [5, 5.41) is 0. The third-order valence-corrected chi connectivity index (χ3v) is 4.62. The van der Waals surface area contributed by atoms with E-state index in [4.69, 9.17) is 0 Å². The fourth-order valence-corrected chi connectivity index (χ4v) is 2.25. The number of hydrogen-bond acceptors (Lipinski definition) is 1.